The third-order valence-electron chi connectivity index (χ3n) is 5.22. The van der Waals surface area contributed by atoms with Crippen LogP contribution >= 0.6 is 0 Å². The highest BCUT2D eigenvalue weighted by Crippen LogP contribution is 2.24. The number of ether oxygens (including phenoxy) is 2. The van der Waals surface area contributed by atoms with Gasteiger partial charge in [-0.25, -0.2) is 4.79 Å². The van der Waals surface area contributed by atoms with E-state index in [9.17, 15) is 9.90 Å². The fourth-order valence-corrected chi connectivity index (χ4v) is 4.00. The van der Waals surface area contributed by atoms with Gasteiger partial charge < -0.3 is 14.6 Å². The molecule has 2 aliphatic rings. The molecule has 2 aliphatic heterocycles. The summed E-state index contributed by atoms with van der Waals surface area (Å²) >= 11 is 0. The van der Waals surface area contributed by atoms with E-state index in [1.807, 2.05) is 6.07 Å². The Balaban J connectivity index is 1.65. The van der Waals surface area contributed by atoms with Crippen molar-refractivity contribution in [2.24, 2.45) is 0 Å². The Labute approximate surface area is 149 Å². The van der Waals surface area contributed by atoms with Crippen molar-refractivity contribution in [1.82, 2.24) is 9.80 Å². The minimum absolute atomic E-state index is 0.225. The third-order valence-corrected chi connectivity index (χ3v) is 5.22. The zero-order valence-corrected chi connectivity index (χ0v) is 15.1. The van der Waals surface area contributed by atoms with Crippen LogP contribution in [0, 0.1) is 0 Å². The molecule has 2 atom stereocenters. The second-order valence-electron chi connectivity index (χ2n) is 6.95. The molecule has 1 aromatic rings. The fraction of sp³-hybridized carbons (Fsp3) is 0.632. The summed E-state index contributed by atoms with van der Waals surface area (Å²) in [7, 11) is 1.50. The Morgan fingerprint density at radius 3 is 2.92 bits per heavy atom. The highest BCUT2D eigenvalue weighted by Gasteiger charge is 2.35. The standard InChI is InChI=1S/C19H28N2O4/c1-3-4-15-12-25-13-16-11-20(7-8-21(15)16)10-14-5-6-18(24-2)17(9-14)19(22)23/h5-6,9,15-16H,3-4,7-8,10-13H2,1-2H3,(H,22,23)/t15-,16+/m0/s1. The highest BCUT2D eigenvalue weighted by atomic mass is 16.5. The number of nitrogens with zero attached hydrogens (tertiary/aromatic N) is 2. The van der Waals surface area contributed by atoms with Crippen LogP contribution in [0.3, 0.4) is 0 Å². The van der Waals surface area contributed by atoms with E-state index in [-0.39, 0.29) is 5.56 Å². The van der Waals surface area contributed by atoms with Crippen LogP contribution in [-0.4, -0.2) is 72.9 Å². The van der Waals surface area contributed by atoms with Gasteiger partial charge >= 0.3 is 5.97 Å². The Morgan fingerprint density at radius 1 is 1.36 bits per heavy atom. The summed E-state index contributed by atoms with van der Waals surface area (Å²) in [4.78, 5) is 16.4. The van der Waals surface area contributed by atoms with E-state index in [4.69, 9.17) is 9.47 Å². The summed E-state index contributed by atoms with van der Waals surface area (Å²) < 4.78 is 11.0. The summed E-state index contributed by atoms with van der Waals surface area (Å²) in [5.41, 5.74) is 1.23. The molecular weight excluding hydrogens is 320 g/mol. The summed E-state index contributed by atoms with van der Waals surface area (Å²) in [6, 6.07) is 6.41. The molecule has 138 valence electrons. The minimum Gasteiger partial charge on any atom is -0.496 e. The maximum Gasteiger partial charge on any atom is 0.339 e. The van der Waals surface area contributed by atoms with Crippen LogP contribution in [0.2, 0.25) is 0 Å². The quantitative estimate of drug-likeness (QED) is 0.849. The molecule has 6 heteroatoms. The van der Waals surface area contributed by atoms with Gasteiger partial charge in [0.1, 0.15) is 11.3 Å². The number of hydrogen-bond donors (Lipinski definition) is 1. The molecule has 2 fully saturated rings. The van der Waals surface area contributed by atoms with E-state index in [2.05, 4.69) is 16.7 Å². The van der Waals surface area contributed by atoms with Crippen molar-refractivity contribution in [3.8, 4) is 5.75 Å². The maximum absolute atomic E-state index is 11.4. The first kappa shape index (κ1) is 18.2. The molecule has 0 amide bonds. The number of rotatable bonds is 6. The van der Waals surface area contributed by atoms with Gasteiger partial charge in [-0.2, -0.15) is 0 Å². The number of carbonyl (C=O) groups is 1. The molecule has 25 heavy (non-hydrogen) atoms. The monoisotopic (exact) mass is 348 g/mol. The lowest BCUT2D eigenvalue weighted by Crippen LogP contribution is -2.61. The predicted octanol–water partition coefficient (Wildman–Crippen LogP) is 2.08. The van der Waals surface area contributed by atoms with Crippen LogP contribution in [0.5, 0.6) is 5.75 Å². The van der Waals surface area contributed by atoms with Crippen molar-refractivity contribution in [3.05, 3.63) is 29.3 Å². The molecule has 1 N–H and O–H groups in total. The molecule has 0 bridgehead atoms. The zero-order valence-electron chi connectivity index (χ0n) is 15.1. The van der Waals surface area contributed by atoms with Gasteiger partial charge in [-0.15, -0.1) is 0 Å². The summed E-state index contributed by atoms with van der Waals surface area (Å²) in [6.45, 7) is 7.65. The molecule has 0 unspecified atom stereocenters. The summed E-state index contributed by atoms with van der Waals surface area (Å²) in [6.07, 6.45) is 2.38. The van der Waals surface area contributed by atoms with E-state index in [1.54, 1.807) is 12.1 Å². The molecule has 0 saturated carbocycles. The number of hydrogen-bond acceptors (Lipinski definition) is 5. The van der Waals surface area contributed by atoms with Crippen LogP contribution in [0.1, 0.15) is 35.7 Å². The van der Waals surface area contributed by atoms with Crippen LogP contribution in [-0.2, 0) is 11.3 Å². The second kappa shape index (κ2) is 8.17. The molecule has 3 rings (SSSR count). The van der Waals surface area contributed by atoms with Gasteiger partial charge in [0, 0.05) is 38.3 Å². The van der Waals surface area contributed by atoms with Gasteiger partial charge in [-0.05, 0) is 24.1 Å². The first-order valence-electron chi connectivity index (χ1n) is 9.08. The van der Waals surface area contributed by atoms with Gasteiger partial charge in [-0.3, -0.25) is 9.80 Å². The number of piperazine rings is 1. The van der Waals surface area contributed by atoms with Crippen LogP contribution in [0.4, 0.5) is 0 Å². The van der Waals surface area contributed by atoms with Crippen molar-refractivity contribution >= 4 is 5.97 Å². The lowest BCUT2D eigenvalue weighted by atomic mass is 10.0. The smallest absolute Gasteiger partial charge is 0.339 e. The molecular formula is C19H28N2O4. The average Bonchev–Trinajstić information content (AvgIpc) is 2.62. The SMILES string of the molecule is CCC[C@H]1COC[C@H]2CN(Cc3ccc(OC)c(C(=O)O)c3)CCN12. The lowest BCUT2D eigenvalue weighted by Gasteiger charge is -2.48. The van der Waals surface area contributed by atoms with Crippen molar-refractivity contribution in [2.45, 2.75) is 38.4 Å². The molecule has 2 heterocycles. The number of carboxylic acid groups (broad SMARTS) is 1. The van der Waals surface area contributed by atoms with Crippen LogP contribution in [0.25, 0.3) is 0 Å². The molecule has 1 aromatic carbocycles. The number of morpholine rings is 1. The van der Waals surface area contributed by atoms with E-state index < -0.39 is 5.97 Å². The van der Waals surface area contributed by atoms with Crippen LogP contribution < -0.4 is 4.74 Å². The number of carboxylic acids is 1. The predicted molar refractivity (Wildman–Crippen MR) is 95.2 cm³/mol. The Morgan fingerprint density at radius 2 is 2.20 bits per heavy atom. The lowest BCUT2D eigenvalue weighted by molar-refractivity contribution is -0.0840. The zero-order chi connectivity index (χ0) is 17.8. The topological polar surface area (TPSA) is 62.2 Å². The normalized spacial score (nSPS) is 24.7. The maximum atomic E-state index is 11.4. The summed E-state index contributed by atoms with van der Waals surface area (Å²) in [5, 5.41) is 9.34. The first-order valence-corrected chi connectivity index (χ1v) is 9.08. The molecule has 6 nitrogen and oxygen atoms in total. The molecule has 0 spiro atoms. The van der Waals surface area contributed by atoms with Crippen molar-refractivity contribution in [3.63, 3.8) is 0 Å². The Kier molecular flexibility index (Phi) is 5.93. The number of fused-ring (bicyclic) bond motifs is 1. The van der Waals surface area contributed by atoms with Gasteiger partial charge in [0.05, 0.1) is 20.3 Å². The molecule has 0 radical (unpaired) electrons. The molecule has 0 aromatic heterocycles. The largest absolute Gasteiger partial charge is 0.496 e. The van der Waals surface area contributed by atoms with Crippen molar-refractivity contribution in [2.75, 3.05) is 40.0 Å². The first-order chi connectivity index (χ1) is 12.1. The van der Waals surface area contributed by atoms with E-state index in [0.29, 0.717) is 17.8 Å². The van der Waals surface area contributed by atoms with Gasteiger partial charge in [0.15, 0.2) is 0 Å². The highest BCUT2D eigenvalue weighted by molar-refractivity contribution is 5.91. The molecule has 2 saturated heterocycles. The minimum atomic E-state index is -0.952. The Hall–Kier alpha value is -1.63. The second-order valence-corrected chi connectivity index (χ2v) is 6.95. The van der Waals surface area contributed by atoms with E-state index in [1.165, 1.54) is 20.0 Å². The van der Waals surface area contributed by atoms with Crippen LogP contribution in [0.15, 0.2) is 18.2 Å². The third kappa shape index (κ3) is 4.14. The van der Waals surface area contributed by atoms with Crippen molar-refractivity contribution in [1.29, 1.82) is 0 Å². The molecule has 0 aliphatic carbocycles. The number of benzene rings is 1. The number of aromatic carboxylic acids is 1. The summed E-state index contributed by atoms with van der Waals surface area (Å²) in [5.74, 6) is -0.546. The fourth-order valence-electron chi connectivity index (χ4n) is 4.00. The van der Waals surface area contributed by atoms with Crippen molar-refractivity contribution < 1.29 is 19.4 Å². The van der Waals surface area contributed by atoms with Gasteiger partial charge in [0.25, 0.3) is 0 Å². The van der Waals surface area contributed by atoms with E-state index >= 15 is 0 Å². The van der Waals surface area contributed by atoms with Gasteiger partial charge in [-0.1, -0.05) is 19.4 Å². The van der Waals surface area contributed by atoms with E-state index in [0.717, 1.165) is 45.0 Å². The average molecular weight is 348 g/mol. The number of methoxy groups -OCH3 is 1. The Bertz CT molecular complexity index is 605. The van der Waals surface area contributed by atoms with Gasteiger partial charge in [0.2, 0.25) is 0 Å².